The minimum absolute atomic E-state index is 0.0795. The zero-order chi connectivity index (χ0) is 47.1. The number of aliphatic hydroxyl groups is 4. The normalized spacial score (nSPS) is 26.1. The lowest BCUT2D eigenvalue weighted by atomic mass is 9.65. The van der Waals surface area contributed by atoms with E-state index in [0.29, 0.717) is 47.3 Å². The fraction of sp³-hybridized carbons (Fsp3) is 0.393. The van der Waals surface area contributed by atoms with E-state index in [1.54, 1.807) is 42.6 Å². The number of ether oxygens (including phenoxy) is 1. The first-order valence-electron chi connectivity index (χ1n) is 24.1. The number of hydrogen-bond donors (Lipinski definition) is 9. The molecule has 2 aliphatic heterocycles. The lowest BCUT2D eigenvalue weighted by Gasteiger charge is -2.39. The third-order valence-electron chi connectivity index (χ3n) is 15.0. The number of Topliss-reactive ketones (excluding diaryl/α,β-unsaturated/α-hetero) is 2. The summed E-state index contributed by atoms with van der Waals surface area (Å²) in [4.78, 5) is 37.4. The molecule has 5 bridgehead atoms. The molecule has 3 aromatic carbocycles. The lowest BCUT2D eigenvalue weighted by molar-refractivity contribution is -0.135. The van der Waals surface area contributed by atoms with Crippen molar-refractivity contribution in [3.8, 4) is 29.1 Å². The van der Waals surface area contributed by atoms with Crippen LogP contribution >= 0.6 is 0 Å². The van der Waals surface area contributed by atoms with Gasteiger partial charge in [-0.3, -0.25) is 9.59 Å². The minimum atomic E-state index is -1.44. The topological polar surface area (TPSA) is 208 Å². The van der Waals surface area contributed by atoms with Crippen LogP contribution in [0, 0.1) is 23.7 Å². The number of anilines is 1. The summed E-state index contributed by atoms with van der Waals surface area (Å²) in [6.07, 6.45) is 12.0. The Labute approximate surface area is 395 Å². The first kappa shape index (κ1) is 45.4. The van der Waals surface area contributed by atoms with E-state index in [1.807, 2.05) is 48.7 Å². The summed E-state index contributed by atoms with van der Waals surface area (Å²) in [6.45, 7) is -0.428. The molecule has 9 N–H and O–H groups in total. The predicted octanol–water partition coefficient (Wildman–Crippen LogP) is 7.50. The van der Waals surface area contributed by atoms with Crippen molar-refractivity contribution in [1.29, 1.82) is 0 Å². The number of nitrogens with one attached hydrogen (secondary N) is 3. The van der Waals surface area contributed by atoms with E-state index in [-0.39, 0.29) is 73.2 Å². The molecule has 7 unspecified atom stereocenters. The van der Waals surface area contributed by atoms with Crippen LogP contribution < -0.4 is 10.1 Å². The first-order valence-corrected chi connectivity index (χ1v) is 24.1. The van der Waals surface area contributed by atoms with E-state index in [4.69, 9.17) is 4.74 Å². The van der Waals surface area contributed by atoms with E-state index >= 15 is 4.79 Å². The summed E-state index contributed by atoms with van der Waals surface area (Å²) < 4.78 is 6.41. The maximum Gasteiger partial charge on any atom is 0.163 e. The Hall–Kier alpha value is -6.36. The first-order chi connectivity index (χ1) is 32.9. The molecule has 0 spiro atoms. The van der Waals surface area contributed by atoms with E-state index < -0.39 is 54.0 Å². The number of aromatic hydroxyl groups is 2. The highest BCUT2D eigenvalue weighted by Crippen LogP contribution is 2.48. The second kappa shape index (κ2) is 19.0. The Kier molecular flexibility index (Phi) is 12.7. The highest BCUT2D eigenvalue weighted by atomic mass is 16.5. The molecule has 5 aliphatic rings. The summed E-state index contributed by atoms with van der Waals surface area (Å²) in [5.74, 6) is 3.73. The number of phenols is 2. The number of H-pyrrole nitrogens is 2. The van der Waals surface area contributed by atoms with Gasteiger partial charge < -0.3 is 50.7 Å². The Morgan fingerprint density at radius 3 is 2.54 bits per heavy atom. The summed E-state index contributed by atoms with van der Waals surface area (Å²) in [5, 5.41) is 73.2. The van der Waals surface area contributed by atoms with Crippen molar-refractivity contribution in [2.24, 2.45) is 11.8 Å². The molecule has 10 rings (SSSR count). The molecule has 12 heteroatoms. The maximum atomic E-state index is 15.8. The molecule has 68 heavy (non-hydrogen) atoms. The van der Waals surface area contributed by atoms with Crippen LogP contribution in [0.15, 0.2) is 84.7 Å². The number of phenolic OH excluding ortho intramolecular Hbond substituents is 2. The van der Waals surface area contributed by atoms with E-state index in [0.717, 1.165) is 59.2 Å². The number of ketones is 2. The highest BCUT2D eigenvalue weighted by molar-refractivity contribution is 6.05. The number of carbonyl (C=O) groups excluding carboxylic acids is 2. The predicted molar refractivity (Wildman–Crippen MR) is 258 cm³/mol. The standard InChI is InChI=1S/C56H59N3O9/c60-24-19-42-49(63)14-11-32-25-44(53(65)50(26-32)68-39-7-1-2-8-39)52(64)35-13-12-34-29-38(61)6-4-9-46(59-55-36(17-22-58-55)28-37(34)27-35)43-30-47-41(18-23-57-47)45(51(43)54(42)66)31-56(67)20-15-33-5-3-10-48(62)40(33)16-21-56/h3,5,10,12-13,16-18,21-23,25-27,30,38-39,42,45-46,51-52,57-62,64-65,67H,1-2,6-8,11,14-15,19-20,24,28-29,31H2. The molecular weight excluding hydrogens is 859 g/mol. The Morgan fingerprint density at radius 2 is 1.71 bits per heavy atom. The number of benzene rings is 3. The molecule has 2 aromatic heterocycles. The van der Waals surface area contributed by atoms with Crippen molar-refractivity contribution in [1.82, 2.24) is 9.97 Å². The zero-order valence-electron chi connectivity index (χ0n) is 38.0. The molecule has 0 radical (unpaired) electrons. The number of aromatic nitrogens is 2. The number of fused-ring (bicyclic) bond motifs is 8. The fourth-order valence-corrected chi connectivity index (χ4v) is 11.4. The smallest absolute Gasteiger partial charge is 0.163 e. The quantitative estimate of drug-likeness (QED) is 0.0606. The van der Waals surface area contributed by atoms with Gasteiger partial charge in [0.2, 0.25) is 0 Å². The van der Waals surface area contributed by atoms with Crippen LogP contribution in [0.1, 0.15) is 126 Å². The van der Waals surface area contributed by atoms with Crippen molar-refractivity contribution < 1.29 is 45.0 Å². The van der Waals surface area contributed by atoms with E-state index in [9.17, 15) is 35.4 Å². The number of carbonyl (C=O) groups is 2. The lowest BCUT2D eigenvalue weighted by Crippen LogP contribution is -2.42. The Morgan fingerprint density at radius 1 is 0.868 bits per heavy atom. The summed E-state index contributed by atoms with van der Waals surface area (Å²) in [6, 6.07) is 17.4. The molecule has 3 aliphatic carbocycles. The second-order valence-corrected chi connectivity index (χ2v) is 19.5. The van der Waals surface area contributed by atoms with Gasteiger partial charge in [-0.25, -0.2) is 0 Å². The zero-order valence-corrected chi connectivity index (χ0v) is 38.0. The molecule has 4 heterocycles. The van der Waals surface area contributed by atoms with Gasteiger partial charge in [0.25, 0.3) is 0 Å². The second-order valence-electron chi connectivity index (χ2n) is 19.5. The van der Waals surface area contributed by atoms with Gasteiger partial charge >= 0.3 is 0 Å². The van der Waals surface area contributed by atoms with Gasteiger partial charge in [-0.15, -0.1) is 0 Å². The largest absolute Gasteiger partial charge is 0.507 e. The van der Waals surface area contributed by atoms with Crippen molar-refractivity contribution in [2.45, 2.75) is 119 Å². The van der Waals surface area contributed by atoms with Gasteiger partial charge in [-0.2, -0.15) is 0 Å². The number of aromatic amines is 2. The van der Waals surface area contributed by atoms with Crippen molar-refractivity contribution in [3.63, 3.8) is 0 Å². The van der Waals surface area contributed by atoms with Crippen molar-refractivity contribution in [3.05, 3.63) is 140 Å². The van der Waals surface area contributed by atoms with Gasteiger partial charge in [0, 0.05) is 66.9 Å². The SMILES string of the molecule is O=C1CCc2cc(OC3CCCC3)c(O)c(c2)C(O)c2ccc3c(c2)Cc2cc[nH]c2NC(C#CCC(O)C3)C2=Cc3[nH]ccc3C(CC3(O)C=Cc4c(O)cccc4CC3)C2C(=O)C1CCO. The third-order valence-corrected chi connectivity index (χ3v) is 15.0. The van der Waals surface area contributed by atoms with E-state index in [1.165, 1.54) is 0 Å². The minimum Gasteiger partial charge on any atom is -0.507 e. The number of hydrogen-bond acceptors (Lipinski definition) is 10. The van der Waals surface area contributed by atoms with Gasteiger partial charge in [0.15, 0.2) is 17.3 Å². The van der Waals surface area contributed by atoms with Crippen LogP contribution in [0.2, 0.25) is 0 Å². The molecule has 7 atom stereocenters. The molecule has 0 saturated heterocycles. The average molecular weight is 918 g/mol. The number of rotatable bonds is 6. The molecule has 5 aromatic rings. The monoisotopic (exact) mass is 917 g/mol. The van der Waals surface area contributed by atoms with Gasteiger partial charge in [0.1, 0.15) is 29.5 Å². The van der Waals surface area contributed by atoms with Crippen LogP contribution in [0.4, 0.5) is 5.82 Å². The van der Waals surface area contributed by atoms with Gasteiger partial charge in [-0.1, -0.05) is 54.3 Å². The number of aliphatic hydroxyl groups excluding tert-OH is 3. The summed E-state index contributed by atoms with van der Waals surface area (Å²) in [7, 11) is 0. The van der Waals surface area contributed by atoms with Crippen LogP contribution in [0.3, 0.4) is 0 Å². The van der Waals surface area contributed by atoms with Crippen LogP contribution in [-0.2, 0) is 35.3 Å². The molecule has 12 nitrogen and oxygen atoms in total. The van der Waals surface area contributed by atoms with E-state index in [2.05, 4.69) is 27.1 Å². The molecule has 0 amide bonds. The summed E-state index contributed by atoms with van der Waals surface area (Å²) in [5.41, 5.74) is 6.19. The van der Waals surface area contributed by atoms with Crippen LogP contribution in [0.5, 0.6) is 17.2 Å². The van der Waals surface area contributed by atoms with Gasteiger partial charge in [0.05, 0.1) is 23.7 Å². The number of aryl methyl sites for hydroxylation is 2. The molecular formula is C56H59N3O9. The van der Waals surface area contributed by atoms with Crippen molar-refractivity contribution in [2.75, 3.05) is 11.9 Å². The van der Waals surface area contributed by atoms with Crippen LogP contribution in [-0.4, -0.2) is 82.6 Å². The molecule has 352 valence electrons. The van der Waals surface area contributed by atoms with Gasteiger partial charge in [-0.05, 0) is 145 Å². The maximum absolute atomic E-state index is 15.8. The Bertz CT molecular complexity index is 2860. The molecule has 1 fully saturated rings. The van der Waals surface area contributed by atoms with Crippen molar-refractivity contribution >= 4 is 29.5 Å². The summed E-state index contributed by atoms with van der Waals surface area (Å²) >= 11 is 0. The third kappa shape index (κ3) is 9.04. The molecule has 1 saturated carbocycles. The average Bonchev–Trinajstić information content (AvgIpc) is 4.10. The van der Waals surface area contributed by atoms with Crippen LogP contribution in [0.25, 0.3) is 12.2 Å². The highest BCUT2D eigenvalue weighted by Gasteiger charge is 2.46. The Balaban J connectivity index is 1.13. The fourth-order valence-electron chi connectivity index (χ4n) is 11.4.